The van der Waals surface area contributed by atoms with E-state index in [1.807, 2.05) is 0 Å². The molecule has 1 aliphatic carbocycles. The Morgan fingerprint density at radius 2 is 1.54 bits per heavy atom. The molecule has 4 nitrogen and oxygen atoms in total. The van der Waals surface area contributed by atoms with Crippen molar-refractivity contribution in [3.8, 4) is 0 Å². The van der Waals surface area contributed by atoms with E-state index in [2.05, 4.69) is 77.8 Å². The third kappa shape index (κ3) is 5.09. The van der Waals surface area contributed by atoms with Gasteiger partial charge in [-0.25, -0.2) is 4.79 Å². The summed E-state index contributed by atoms with van der Waals surface area (Å²) in [5.41, 5.74) is 2.64. The quantitative estimate of drug-likeness (QED) is 0.804. The normalized spacial score (nSPS) is 22.9. The van der Waals surface area contributed by atoms with Crippen LogP contribution in [-0.2, 0) is 13.1 Å². The van der Waals surface area contributed by atoms with Gasteiger partial charge in [-0.1, -0.05) is 67.6 Å². The lowest BCUT2D eigenvalue weighted by Gasteiger charge is -2.40. The minimum atomic E-state index is -0.911. The molecule has 3 atom stereocenters. The SMILES string of the molecule is C[C@H]1C[C@@H](N(Cc2ccccc2)Cc2ccccc2)CC[C@@H]1NC(=O)O. The van der Waals surface area contributed by atoms with E-state index in [0.717, 1.165) is 32.4 Å². The van der Waals surface area contributed by atoms with Gasteiger partial charge in [-0.15, -0.1) is 0 Å². The topological polar surface area (TPSA) is 52.6 Å². The largest absolute Gasteiger partial charge is 0.465 e. The number of benzene rings is 2. The Kier molecular flexibility index (Phi) is 6.29. The average Bonchev–Trinajstić information content (AvgIpc) is 2.64. The highest BCUT2D eigenvalue weighted by atomic mass is 16.4. The molecule has 138 valence electrons. The zero-order chi connectivity index (χ0) is 18.4. The van der Waals surface area contributed by atoms with Gasteiger partial charge in [0.2, 0.25) is 0 Å². The molecule has 0 bridgehead atoms. The molecule has 1 fully saturated rings. The summed E-state index contributed by atoms with van der Waals surface area (Å²) in [6.07, 6.45) is 2.03. The van der Waals surface area contributed by atoms with Crippen LogP contribution in [0.5, 0.6) is 0 Å². The second-order valence-corrected chi connectivity index (χ2v) is 7.38. The highest BCUT2D eigenvalue weighted by Gasteiger charge is 2.31. The molecule has 2 aromatic rings. The lowest BCUT2D eigenvalue weighted by molar-refractivity contribution is 0.0999. The van der Waals surface area contributed by atoms with E-state index in [-0.39, 0.29) is 6.04 Å². The molecule has 0 spiro atoms. The second kappa shape index (κ2) is 8.86. The molecule has 1 saturated carbocycles. The van der Waals surface area contributed by atoms with Crippen molar-refractivity contribution in [1.82, 2.24) is 10.2 Å². The molecule has 1 amide bonds. The number of hydrogen-bond donors (Lipinski definition) is 2. The third-order valence-corrected chi connectivity index (χ3v) is 5.42. The number of nitrogens with zero attached hydrogens (tertiary/aromatic N) is 1. The van der Waals surface area contributed by atoms with E-state index in [9.17, 15) is 4.79 Å². The van der Waals surface area contributed by atoms with E-state index >= 15 is 0 Å². The van der Waals surface area contributed by atoms with Crippen LogP contribution in [0.2, 0.25) is 0 Å². The van der Waals surface area contributed by atoms with Crippen molar-refractivity contribution in [2.45, 2.75) is 51.4 Å². The van der Waals surface area contributed by atoms with Crippen molar-refractivity contribution in [2.24, 2.45) is 5.92 Å². The number of carboxylic acid groups (broad SMARTS) is 1. The van der Waals surface area contributed by atoms with Crippen LogP contribution < -0.4 is 5.32 Å². The van der Waals surface area contributed by atoms with Gasteiger partial charge in [0, 0.05) is 25.2 Å². The van der Waals surface area contributed by atoms with Crippen molar-refractivity contribution in [3.05, 3.63) is 71.8 Å². The Morgan fingerprint density at radius 3 is 2.00 bits per heavy atom. The van der Waals surface area contributed by atoms with Crippen LogP contribution in [0.3, 0.4) is 0 Å². The first-order valence-corrected chi connectivity index (χ1v) is 9.43. The summed E-state index contributed by atoms with van der Waals surface area (Å²) in [4.78, 5) is 13.5. The minimum Gasteiger partial charge on any atom is -0.465 e. The summed E-state index contributed by atoms with van der Waals surface area (Å²) in [6.45, 7) is 4.00. The van der Waals surface area contributed by atoms with E-state index in [4.69, 9.17) is 5.11 Å². The van der Waals surface area contributed by atoms with Crippen LogP contribution in [0.1, 0.15) is 37.3 Å². The van der Waals surface area contributed by atoms with Gasteiger partial charge in [0.1, 0.15) is 0 Å². The number of amides is 1. The Morgan fingerprint density at radius 1 is 1.00 bits per heavy atom. The highest BCUT2D eigenvalue weighted by molar-refractivity contribution is 5.64. The first-order valence-electron chi connectivity index (χ1n) is 9.43. The van der Waals surface area contributed by atoms with Crippen molar-refractivity contribution in [1.29, 1.82) is 0 Å². The Bertz CT molecular complexity index is 648. The van der Waals surface area contributed by atoms with E-state index in [1.54, 1.807) is 0 Å². The van der Waals surface area contributed by atoms with E-state index < -0.39 is 6.09 Å². The molecule has 2 N–H and O–H groups in total. The van der Waals surface area contributed by atoms with Gasteiger partial charge in [0.05, 0.1) is 0 Å². The molecule has 0 radical (unpaired) electrons. The molecule has 2 aromatic carbocycles. The molecule has 0 unspecified atom stereocenters. The molecule has 26 heavy (non-hydrogen) atoms. The lowest BCUT2D eigenvalue weighted by Crippen LogP contribution is -2.47. The molecule has 0 heterocycles. The Hall–Kier alpha value is -2.33. The van der Waals surface area contributed by atoms with Crippen LogP contribution in [0.4, 0.5) is 4.79 Å². The molecule has 0 aliphatic heterocycles. The lowest BCUT2D eigenvalue weighted by atomic mass is 9.82. The summed E-state index contributed by atoms with van der Waals surface area (Å²) in [6, 6.07) is 21.7. The molecular weight excluding hydrogens is 324 g/mol. The Labute approximate surface area is 155 Å². The first-order chi connectivity index (χ1) is 12.6. The van der Waals surface area contributed by atoms with Crippen LogP contribution in [-0.4, -0.2) is 28.2 Å². The van der Waals surface area contributed by atoms with Gasteiger partial charge in [0.15, 0.2) is 0 Å². The van der Waals surface area contributed by atoms with Gasteiger partial charge in [-0.05, 0) is 36.3 Å². The van der Waals surface area contributed by atoms with Gasteiger partial charge in [-0.2, -0.15) is 0 Å². The summed E-state index contributed by atoms with van der Waals surface area (Å²) in [5.74, 6) is 0.346. The summed E-state index contributed by atoms with van der Waals surface area (Å²) >= 11 is 0. The van der Waals surface area contributed by atoms with Crippen molar-refractivity contribution >= 4 is 6.09 Å². The van der Waals surface area contributed by atoms with Crippen LogP contribution in [0.25, 0.3) is 0 Å². The Balaban J connectivity index is 1.71. The number of hydrogen-bond acceptors (Lipinski definition) is 2. The van der Waals surface area contributed by atoms with Crippen LogP contribution >= 0.6 is 0 Å². The summed E-state index contributed by atoms with van der Waals surface area (Å²) in [7, 11) is 0. The number of rotatable bonds is 6. The smallest absolute Gasteiger partial charge is 0.404 e. The predicted octanol–water partition coefficient (Wildman–Crippen LogP) is 4.51. The summed E-state index contributed by atoms with van der Waals surface area (Å²) < 4.78 is 0. The van der Waals surface area contributed by atoms with Crippen molar-refractivity contribution in [2.75, 3.05) is 0 Å². The third-order valence-electron chi connectivity index (χ3n) is 5.42. The van der Waals surface area contributed by atoms with Crippen molar-refractivity contribution < 1.29 is 9.90 Å². The van der Waals surface area contributed by atoms with E-state index in [0.29, 0.717) is 12.0 Å². The summed E-state index contributed by atoms with van der Waals surface area (Å²) in [5, 5.41) is 11.7. The zero-order valence-electron chi connectivity index (χ0n) is 15.3. The fourth-order valence-electron chi connectivity index (χ4n) is 4.02. The molecular formula is C22H28N2O2. The van der Waals surface area contributed by atoms with Crippen molar-refractivity contribution in [3.63, 3.8) is 0 Å². The van der Waals surface area contributed by atoms with E-state index in [1.165, 1.54) is 11.1 Å². The second-order valence-electron chi connectivity index (χ2n) is 7.38. The predicted molar refractivity (Wildman–Crippen MR) is 104 cm³/mol. The maximum atomic E-state index is 11.0. The highest BCUT2D eigenvalue weighted by Crippen LogP contribution is 2.30. The molecule has 0 saturated heterocycles. The van der Waals surface area contributed by atoms with Crippen LogP contribution in [0, 0.1) is 5.92 Å². The number of carbonyl (C=O) groups is 1. The maximum Gasteiger partial charge on any atom is 0.404 e. The monoisotopic (exact) mass is 352 g/mol. The van der Waals surface area contributed by atoms with Gasteiger partial charge in [0.25, 0.3) is 0 Å². The minimum absolute atomic E-state index is 0.0686. The fraction of sp³-hybridized carbons (Fsp3) is 0.409. The molecule has 4 heteroatoms. The van der Waals surface area contributed by atoms with Crippen LogP contribution in [0.15, 0.2) is 60.7 Å². The van der Waals surface area contributed by atoms with Gasteiger partial charge < -0.3 is 10.4 Å². The first kappa shape index (κ1) is 18.5. The fourth-order valence-corrected chi connectivity index (χ4v) is 4.02. The average molecular weight is 352 g/mol. The standard InChI is InChI=1S/C22H28N2O2/c1-17-14-20(12-13-21(17)23-22(25)26)24(15-18-8-4-2-5-9-18)16-19-10-6-3-7-11-19/h2-11,17,20-21,23H,12-16H2,1H3,(H,25,26)/t17-,20-,21-/m0/s1. The number of nitrogens with one attached hydrogen (secondary N) is 1. The molecule has 0 aromatic heterocycles. The van der Waals surface area contributed by atoms with Gasteiger partial charge >= 0.3 is 6.09 Å². The molecule has 3 rings (SSSR count). The molecule has 1 aliphatic rings. The van der Waals surface area contributed by atoms with Gasteiger partial charge in [-0.3, -0.25) is 4.90 Å². The maximum absolute atomic E-state index is 11.0. The zero-order valence-corrected chi connectivity index (χ0v) is 15.3.